The van der Waals surface area contributed by atoms with Crippen molar-refractivity contribution in [3.05, 3.63) is 60.2 Å². The van der Waals surface area contributed by atoms with E-state index in [0.29, 0.717) is 12.4 Å². The Hall–Kier alpha value is -2.79. The summed E-state index contributed by atoms with van der Waals surface area (Å²) in [6, 6.07) is 8.18. The van der Waals surface area contributed by atoms with E-state index in [2.05, 4.69) is 53.0 Å². The minimum absolute atomic E-state index is 0.188. The number of pyridine rings is 1. The normalized spacial score (nSPS) is 17.0. The molecule has 1 atom stereocenters. The maximum Gasteiger partial charge on any atom is 0.149 e. The van der Waals surface area contributed by atoms with Crippen LogP contribution < -0.4 is 21.7 Å². The van der Waals surface area contributed by atoms with Crippen LogP contribution in [0.15, 0.2) is 60.2 Å². The number of rotatable bonds is 8. The van der Waals surface area contributed by atoms with Gasteiger partial charge in [0, 0.05) is 18.5 Å². The van der Waals surface area contributed by atoms with Crippen molar-refractivity contribution in [2.24, 2.45) is 5.73 Å². The van der Waals surface area contributed by atoms with E-state index in [1.54, 1.807) is 0 Å². The molecule has 0 aliphatic carbocycles. The molecule has 1 aromatic carbocycles. The van der Waals surface area contributed by atoms with Crippen molar-refractivity contribution < 1.29 is 0 Å². The number of nitrogens with one attached hydrogen (secondary N) is 1. The second-order valence-electron chi connectivity index (χ2n) is 7.33. The van der Waals surface area contributed by atoms with Crippen LogP contribution in [0.2, 0.25) is 0 Å². The van der Waals surface area contributed by atoms with Crippen molar-refractivity contribution in [3.8, 4) is 0 Å². The van der Waals surface area contributed by atoms with Crippen LogP contribution >= 0.6 is 0 Å². The highest BCUT2D eigenvalue weighted by Gasteiger charge is 2.32. The standard InChI is InChI=1S/C23H31N5/c1-4-6-11-20-27-21-22(18-9-7-8-10-19(18)26-23(21)25)28(20)15-17(5-2)13-12-16(3)14-24/h5,7-10,12-13,20,27H,2,4,6,11,14-15,24H2,1,3H3,(H2,25,26)/b16-12+,17-13+. The number of fused-ring (bicyclic) bond motifs is 3. The number of nitrogens with two attached hydrogens (primary N) is 2. The predicted molar refractivity (Wildman–Crippen MR) is 122 cm³/mol. The lowest BCUT2D eigenvalue weighted by Crippen LogP contribution is -2.37. The number of nitrogens with zero attached hydrogens (tertiary/aromatic N) is 2. The average molecular weight is 378 g/mol. The summed E-state index contributed by atoms with van der Waals surface area (Å²) in [5.74, 6) is 0.556. The number of nitrogen functional groups attached to an aromatic ring is 1. The summed E-state index contributed by atoms with van der Waals surface area (Å²) in [5.41, 5.74) is 17.3. The number of allylic oxidation sites excluding steroid dienone is 2. The third-order valence-electron chi connectivity index (χ3n) is 5.22. The molecule has 1 unspecified atom stereocenters. The highest BCUT2D eigenvalue weighted by molar-refractivity contribution is 6.04. The number of unbranched alkanes of at least 4 members (excludes halogenated alkanes) is 1. The number of hydrogen-bond acceptors (Lipinski definition) is 5. The first-order valence-electron chi connectivity index (χ1n) is 9.99. The van der Waals surface area contributed by atoms with E-state index in [-0.39, 0.29) is 6.17 Å². The van der Waals surface area contributed by atoms with Crippen molar-refractivity contribution in [3.63, 3.8) is 0 Å². The molecule has 0 spiro atoms. The smallest absolute Gasteiger partial charge is 0.149 e. The lowest BCUT2D eigenvalue weighted by molar-refractivity contribution is 0.600. The molecule has 1 aliphatic rings. The fourth-order valence-corrected chi connectivity index (χ4v) is 3.57. The van der Waals surface area contributed by atoms with Gasteiger partial charge in [0.05, 0.1) is 17.4 Å². The van der Waals surface area contributed by atoms with Crippen LogP contribution in [0.25, 0.3) is 10.9 Å². The van der Waals surface area contributed by atoms with Crippen LogP contribution in [-0.4, -0.2) is 24.2 Å². The monoisotopic (exact) mass is 377 g/mol. The first-order chi connectivity index (χ1) is 13.6. The minimum atomic E-state index is 0.188. The Kier molecular flexibility index (Phi) is 6.37. The predicted octanol–water partition coefficient (Wildman–Crippen LogP) is 4.58. The molecule has 1 aromatic heterocycles. The summed E-state index contributed by atoms with van der Waals surface area (Å²) in [7, 11) is 0. The molecule has 148 valence electrons. The second kappa shape index (κ2) is 8.93. The van der Waals surface area contributed by atoms with E-state index < -0.39 is 0 Å². The molecular weight excluding hydrogens is 346 g/mol. The Balaban J connectivity index is 2.05. The lowest BCUT2D eigenvalue weighted by atomic mass is 10.1. The molecule has 0 amide bonds. The molecular formula is C23H31N5. The van der Waals surface area contributed by atoms with Crippen LogP contribution in [0.4, 0.5) is 17.2 Å². The summed E-state index contributed by atoms with van der Waals surface area (Å²) >= 11 is 0. The van der Waals surface area contributed by atoms with E-state index in [9.17, 15) is 0 Å². The molecule has 0 fully saturated rings. The van der Waals surface area contributed by atoms with Crippen molar-refractivity contribution in [2.75, 3.05) is 29.0 Å². The zero-order chi connectivity index (χ0) is 20.1. The second-order valence-corrected chi connectivity index (χ2v) is 7.33. The van der Waals surface area contributed by atoms with Crippen LogP contribution in [-0.2, 0) is 0 Å². The fraction of sp³-hybridized carbons (Fsp3) is 0.348. The first-order valence-corrected chi connectivity index (χ1v) is 9.99. The van der Waals surface area contributed by atoms with Gasteiger partial charge in [0.15, 0.2) is 0 Å². The molecule has 28 heavy (non-hydrogen) atoms. The molecule has 2 aromatic rings. The van der Waals surface area contributed by atoms with Gasteiger partial charge in [-0.15, -0.1) is 0 Å². The highest BCUT2D eigenvalue weighted by Crippen LogP contribution is 2.44. The Morgan fingerprint density at radius 1 is 1.32 bits per heavy atom. The Morgan fingerprint density at radius 2 is 2.11 bits per heavy atom. The Morgan fingerprint density at radius 3 is 2.82 bits per heavy atom. The van der Waals surface area contributed by atoms with Gasteiger partial charge in [-0.2, -0.15) is 0 Å². The van der Waals surface area contributed by atoms with Gasteiger partial charge in [-0.25, -0.2) is 4.98 Å². The third-order valence-corrected chi connectivity index (χ3v) is 5.22. The van der Waals surface area contributed by atoms with Gasteiger partial charge in [0.2, 0.25) is 0 Å². The summed E-state index contributed by atoms with van der Waals surface area (Å²) in [4.78, 5) is 7.00. The number of anilines is 3. The van der Waals surface area contributed by atoms with Crippen LogP contribution in [0.1, 0.15) is 33.1 Å². The van der Waals surface area contributed by atoms with Gasteiger partial charge in [0.1, 0.15) is 11.5 Å². The molecule has 0 saturated heterocycles. The summed E-state index contributed by atoms with van der Waals surface area (Å²) in [5, 5.41) is 4.75. The quantitative estimate of drug-likeness (QED) is 0.587. The SMILES string of the molecule is C=C/C(=C\C=C(/C)CN)CN1c2c(c(N)nc3ccccc23)NC1CCCC. The minimum Gasteiger partial charge on any atom is -0.382 e. The van der Waals surface area contributed by atoms with E-state index >= 15 is 0 Å². The fourth-order valence-electron chi connectivity index (χ4n) is 3.57. The number of benzene rings is 1. The van der Waals surface area contributed by atoms with Gasteiger partial charge in [-0.05, 0) is 31.4 Å². The van der Waals surface area contributed by atoms with Crippen molar-refractivity contribution >= 4 is 28.1 Å². The summed E-state index contributed by atoms with van der Waals surface area (Å²) in [6.07, 6.45) is 9.63. The molecule has 0 bridgehead atoms. The molecule has 5 N–H and O–H groups in total. The van der Waals surface area contributed by atoms with E-state index in [1.807, 2.05) is 25.1 Å². The first kappa shape index (κ1) is 20.0. The highest BCUT2D eigenvalue weighted by atomic mass is 15.3. The van der Waals surface area contributed by atoms with Gasteiger partial charge in [-0.3, -0.25) is 0 Å². The van der Waals surface area contributed by atoms with Crippen LogP contribution in [0, 0.1) is 0 Å². The molecule has 2 heterocycles. The third kappa shape index (κ3) is 4.04. The largest absolute Gasteiger partial charge is 0.382 e. The Labute approximate surface area is 167 Å². The van der Waals surface area contributed by atoms with Crippen LogP contribution in [0.5, 0.6) is 0 Å². The van der Waals surface area contributed by atoms with Crippen molar-refractivity contribution in [1.82, 2.24) is 4.98 Å². The van der Waals surface area contributed by atoms with Gasteiger partial charge in [-0.1, -0.05) is 61.9 Å². The van der Waals surface area contributed by atoms with E-state index in [1.165, 1.54) is 0 Å². The van der Waals surface area contributed by atoms with Crippen LogP contribution in [0.3, 0.4) is 0 Å². The summed E-state index contributed by atoms with van der Waals surface area (Å²) in [6.45, 7) is 9.57. The number of hydrogen-bond donors (Lipinski definition) is 3. The number of para-hydroxylation sites is 1. The maximum atomic E-state index is 6.31. The zero-order valence-electron chi connectivity index (χ0n) is 16.9. The molecule has 5 nitrogen and oxygen atoms in total. The summed E-state index contributed by atoms with van der Waals surface area (Å²) < 4.78 is 0. The molecule has 0 radical (unpaired) electrons. The van der Waals surface area contributed by atoms with Gasteiger partial charge >= 0.3 is 0 Å². The van der Waals surface area contributed by atoms with E-state index in [4.69, 9.17) is 11.5 Å². The van der Waals surface area contributed by atoms with Crippen molar-refractivity contribution in [2.45, 2.75) is 39.3 Å². The van der Waals surface area contributed by atoms with Crippen molar-refractivity contribution in [1.29, 1.82) is 0 Å². The van der Waals surface area contributed by atoms with Gasteiger partial charge < -0.3 is 21.7 Å². The maximum absolute atomic E-state index is 6.31. The zero-order valence-corrected chi connectivity index (χ0v) is 16.9. The lowest BCUT2D eigenvalue weighted by Gasteiger charge is -2.28. The molecule has 5 heteroatoms. The number of aromatic nitrogens is 1. The van der Waals surface area contributed by atoms with E-state index in [0.717, 1.165) is 59.2 Å². The molecule has 0 saturated carbocycles. The topological polar surface area (TPSA) is 80.2 Å². The Bertz CT molecular complexity index is 913. The molecule has 1 aliphatic heterocycles. The van der Waals surface area contributed by atoms with Gasteiger partial charge in [0.25, 0.3) is 0 Å². The average Bonchev–Trinajstić information content (AvgIpc) is 3.08. The molecule has 3 rings (SSSR count).